The SMILES string of the molecule is C/C=C/Cn1c(N2CCCC(NC(=O)OC(C)(C)C)C2)nc2c1c(=O)n(CC(=O)c1ccccc1)c(=O)n2C. The molecule has 1 saturated heterocycles. The van der Waals surface area contributed by atoms with E-state index in [0.29, 0.717) is 31.1 Å². The smallest absolute Gasteiger partial charge is 0.407 e. The number of anilines is 1. The number of piperidine rings is 1. The number of benzene rings is 1. The van der Waals surface area contributed by atoms with Crippen LogP contribution in [0.2, 0.25) is 0 Å². The molecule has 1 amide bonds. The number of aryl methyl sites for hydroxylation is 1. The Bertz CT molecular complexity index is 1510. The van der Waals surface area contributed by atoms with Gasteiger partial charge in [0, 0.05) is 38.3 Å². The van der Waals surface area contributed by atoms with Crippen molar-refractivity contribution < 1.29 is 14.3 Å². The van der Waals surface area contributed by atoms with Crippen molar-refractivity contribution in [3.8, 4) is 0 Å². The summed E-state index contributed by atoms with van der Waals surface area (Å²) in [5.74, 6) is 0.194. The third-order valence-corrected chi connectivity index (χ3v) is 6.56. The minimum Gasteiger partial charge on any atom is -0.444 e. The van der Waals surface area contributed by atoms with Crippen LogP contribution in [0.25, 0.3) is 11.2 Å². The fourth-order valence-electron chi connectivity index (χ4n) is 4.73. The van der Waals surface area contributed by atoms with Gasteiger partial charge in [0.2, 0.25) is 5.95 Å². The maximum Gasteiger partial charge on any atom is 0.407 e. The normalized spacial score (nSPS) is 16.1. The molecule has 0 bridgehead atoms. The second-order valence-electron chi connectivity index (χ2n) is 10.7. The fourth-order valence-corrected chi connectivity index (χ4v) is 4.73. The summed E-state index contributed by atoms with van der Waals surface area (Å²) in [6.07, 6.45) is 4.86. The van der Waals surface area contributed by atoms with E-state index in [1.165, 1.54) is 4.57 Å². The van der Waals surface area contributed by atoms with E-state index < -0.39 is 22.9 Å². The van der Waals surface area contributed by atoms with Gasteiger partial charge in [-0.25, -0.2) is 9.59 Å². The molecule has 1 aromatic carbocycles. The highest BCUT2D eigenvalue weighted by atomic mass is 16.6. The number of nitrogens with one attached hydrogen (secondary N) is 1. The predicted molar refractivity (Wildman–Crippen MR) is 149 cm³/mol. The van der Waals surface area contributed by atoms with Crippen molar-refractivity contribution in [2.75, 3.05) is 18.0 Å². The lowest BCUT2D eigenvalue weighted by Crippen LogP contribution is -2.49. The largest absolute Gasteiger partial charge is 0.444 e. The van der Waals surface area contributed by atoms with Gasteiger partial charge in [0.25, 0.3) is 5.56 Å². The Morgan fingerprint density at radius 3 is 2.54 bits per heavy atom. The summed E-state index contributed by atoms with van der Waals surface area (Å²) in [6.45, 7) is 8.43. The summed E-state index contributed by atoms with van der Waals surface area (Å²) in [5, 5.41) is 2.94. The number of hydrogen-bond acceptors (Lipinski definition) is 7. The minimum atomic E-state index is -0.609. The summed E-state index contributed by atoms with van der Waals surface area (Å²) < 4.78 is 9.47. The standard InChI is InChI=1S/C28H36N6O5/c1-6-7-16-33-22-23(30-25(33)32-15-11-14-20(17-32)29-26(37)39-28(2,3)4)31(5)27(38)34(24(22)36)18-21(35)19-12-9-8-10-13-19/h6-10,12-13,20H,11,14-18H2,1-5H3,(H,29,37)/b7-6+. The summed E-state index contributed by atoms with van der Waals surface area (Å²) in [4.78, 5) is 58.9. The second-order valence-corrected chi connectivity index (χ2v) is 10.7. The Morgan fingerprint density at radius 1 is 1.15 bits per heavy atom. The van der Waals surface area contributed by atoms with Crippen molar-refractivity contribution in [2.24, 2.45) is 7.05 Å². The number of nitrogens with zero attached hydrogens (tertiary/aromatic N) is 5. The number of alkyl carbamates (subject to hydrolysis) is 1. The lowest BCUT2D eigenvalue weighted by atomic mass is 10.1. The molecule has 1 aliphatic heterocycles. The number of rotatable bonds is 7. The number of aromatic nitrogens is 4. The van der Waals surface area contributed by atoms with Gasteiger partial charge in [-0.15, -0.1) is 0 Å². The van der Waals surface area contributed by atoms with Gasteiger partial charge in [-0.05, 0) is 40.5 Å². The maximum atomic E-state index is 13.7. The van der Waals surface area contributed by atoms with E-state index in [1.807, 2.05) is 44.7 Å². The average molecular weight is 537 g/mol. The Morgan fingerprint density at radius 2 is 1.87 bits per heavy atom. The number of fused-ring (bicyclic) bond motifs is 1. The van der Waals surface area contributed by atoms with Gasteiger partial charge in [-0.2, -0.15) is 4.98 Å². The first-order chi connectivity index (χ1) is 18.5. The van der Waals surface area contributed by atoms with E-state index in [0.717, 1.165) is 17.4 Å². The number of amides is 1. The number of ether oxygens (including phenoxy) is 1. The van der Waals surface area contributed by atoms with Gasteiger partial charge < -0.3 is 19.5 Å². The van der Waals surface area contributed by atoms with Crippen molar-refractivity contribution in [3.63, 3.8) is 0 Å². The predicted octanol–water partition coefficient (Wildman–Crippen LogP) is 2.85. The molecule has 1 atom stereocenters. The lowest BCUT2D eigenvalue weighted by molar-refractivity contribution is 0.0499. The first kappa shape index (κ1) is 27.9. The van der Waals surface area contributed by atoms with Crippen LogP contribution in [0.15, 0.2) is 52.1 Å². The minimum absolute atomic E-state index is 0.174. The van der Waals surface area contributed by atoms with Crippen molar-refractivity contribution >= 4 is 29.0 Å². The maximum absolute atomic E-state index is 13.7. The molecule has 3 heterocycles. The highest BCUT2D eigenvalue weighted by Crippen LogP contribution is 2.24. The number of Topliss-reactive ketones (excluding diaryl/α,β-unsaturated/α-hetero) is 1. The van der Waals surface area contributed by atoms with E-state index in [2.05, 4.69) is 5.32 Å². The van der Waals surface area contributed by atoms with E-state index in [9.17, 15) is 19.2 Å². The molecule has 39 heavy (non-hydrogen) atoms. The van der Waals surface area contributed by atoms with Crippen molar-refractivity contribution in [3.05, 3.63) is 68.9 Å². The molecule has 1 aliphatic rings. The van der Waals surface area contributed by atoms with E-state index >= 15 is 0 Å². The molecule has 11 heteroatoms. The number of carbonyl (C=O) groups is 2. The zero-order chi connectivity index (χ0) is 28.3. The molecule has 1 fully saturated rings. The van der Waals surface area contributed by atoms with E-state index in [4.69, 9.17) is 9.72 Å². The zero-order valence-electron chi connectivity index (χ0n) is 23.1. The molecule has 208 valence electrons. The molecule has 1 unspecified atom stereocenters. The molecule has 11 nitrogen and oxygen atoms in total. The number of ketones is 1. The monoisotopic (exact) mass is 536 g/mol. The molecule has 4 rings (SSSR count). The van der Waals surface area contributed by atoms with Crippen molar-refractivity contribution in [1.29, 1.82) is 0 Å². The number of imidazole rings is 1. The van der Waals surface area contributed by atoms with Gasteiger partial charge >= 0.3 is 11.8 Å². The highest BCUT2D eigenvalue weighted by molar-refractivity contribution is 5.96. The Kier molecular flexibility index (Phi) is 8.08. The molecule has 0 radical (unpaired) electrons. The molecule has 1 N–H and O–H groups in total. The van der Waals surface area contributed by atoms with Crippen LogP contribution in [-0.2, 0) is 24.9 Å². The van der Waals surface area contributed by atoms with Gasteiger partial charge in [0.1, 0.15) is 5.60 Å². The third kappa shape index (κ3) is 6.13. The van der Waals surface area contributed by atoms with E-state index in [1.54, 1.807) is 41.9 Å². The van der Waals surface area contributed by atoms with Crippen LogP contribution >= 0.6 is 0 Å². The van der Waals surface area contributed by atoms with Gasteiger partial charge in [-0.3, -0.25) is 18.7 Å². The second kappa shape index (κ2) is 11.3. The topological polar surface area (TPSA) is 120 Å². The molecular weight excluding hydrogens is 500 g/mol. The van der Waals surface area contributed by atoms with Gasteiger partial charge in [0.15, 0.2) is 16.9 Å². The van der Waals surface area contributed by atoms with Gasteiger partial charge in [0.05, 0.1) is 6.54 Å². The van der Waals surface area contributed by atoms with Crippen molar-refractivity contribution in [1.82, 2.24) is 24.0 Å². The first-order valence-electron chi connectivity index (χ1n) is 13.1. The summed E-state index contributed by atoms with van der Waals surface area (Å²) in [6, 6.07) is 8.40. The van der Waals surface area contributed by atoms with Crippen LogP contribution in [0.3, 0.4) is 0 Å². The van der Waals surface area contributed by atoms with Crippen LogP contribution in [0.4, 0.5) is 10.7 Å². The lowest BCUT2D eigenvalue weighted by Gasteiger charge is -2.34. The summed E-state index contributed by atoms with van der Waals surface area (Å²) in [5.41, 5.74) is -0.871. The number of hydrogen-bond donors (Lipinski definition) is 1. The van der Waals surface area contributed by atoms with Crippen LogP contribution in [0, 0.1) is 0 Å². The van der Waals surface area contributed by atoms with Crippen LogP contribution in [-0.4, -0.2) is 55.3 Å². The van der Waals surface area contributed by atoms with Crippen LogP contribution < -0.4 is 21.5 Å². The highest BCUT2D eigenvalue weighted by Gasteiger charge is 2.29. The fraction of sp³-hybridized carbons (Fsp3) is 0.464. The van der Waals surface area contributed by atoms with Gasteiger partial charge in [-0.1, -0.05) is 42.5 Å². The average Bonchev–Trinajstić information content (AvgIpc) is 3.28. The van der Waals surface area contributed by atoms with E-state index in [-0.39, 0.29) is 29.5 Å². The molecule has 0 aliphatic carbocycles. The van der Waals surface area contributed by atoms with Crippen molar-refractivity contribution in [2.45, 2.75) is 65.3 Å². The Hall–Kier alpha value is -4.15. The Labute approximate surface area is 226 Å². The summed E-state index contributed by atoms with van der Waals surface area (Å²) >= 11 is 0. The van der Waals surface area contributed by atoms with Crippen LogP contribution in [0.1, 0.15) is 50.9 Å². The Balaban J connectivity index is 1.73. The van der Waals surface area contributed by atoms with Crippen LogP contribution in [0.5, 0.6) is 0 Å². The summed E-state index contributed by atoms with van der Waals surface area (Å²) in [7, 11) is 1.55. The zero-order valence-corrected chi connectivity index (χ0v) is 23.1. The molecular formula is C28H36N6O5. The quantitative estimate of drug-likeness (QED) is 0.364. The molecule has 3 aromatic rings. The third-order valence-electron chi connectivity index (χ3n) is 6.56. The number of allylic oxidation sites excluding steroid dienone is 2. The molecule has 0 spiro atoms. The molecule has 2 aromatic heterocycles. The number of carbonyl (C=O) groups excluding carboxylic acids is 2. The first-order valence-corrected chi connectivity index (χ1v) is 13.1. The molecule has 0 saturated carbocycles.